The third-order valence-electron chi connectivity index (χ3n) is 2.53. The van der Waals surface area contributed by atoms with Gasteiger partial charge in [-0.3, -0.25) is 9.00 Å². The van der Waals surface area contributed by atoms with Crippen LogP contribution < -0.4 is 10.6 Å². The first-order valence-electron chi connectivity index (χ1n) is 5.51. The van der Waals surface area contributed by atoms with Crippen molar-refractivity contribution >= 4 is 16.7 Å². The van der Waals surface area contributed by atoms with Gasteiger partial charge in [0.05, 0.1) is 6.04 Å². The van der Waals surface area contributed by atoms with Crippen LogP contribution in [-0.4, -0.2) is 41.3 Å². The summed E-state index contributed by atoms with van der Waals surface area (Å²) < 4.78 is 10.8. The van der Waals surface area contributed by atoms with Crippen LogP contribution in [0.2, 0.25) is 0 Å². The van der Waals surface area contributed by atoms with Gasteiger partial charge in [0.2, 0.25) is 5.91 Å². The molecule has 0 spiro atoms. The highest BCUT2D eigenvalue weighted by atomic mass is 32.2. The van der Waals surface area contributed by atoms with E-state index in [0.29, 0.717) is 12.3 Å². The standard InChI is InChI=1S/C10H20N2O2S/c1-15(14)8-4-7-12-10(13)9-5-2-3-6-11-9/h9,11H,2-8H2,1H3,(H,12,13)/t9-,15?/m1/s1. The monoisotopic (exact) mass is 232 g/mol. The molecule has 0 saturated carbocycles. The summed E-state index contributed by atoms with van der Waals surface area (Å²) in [6.07, 6.45) is 5.71. The van der Waals surface area contributed by atoms with Crippen molar-refractivity contribution in [1.29, 1.82) is 0 Å². The van der Waals surface area contributed by atoms with Gasteiger partial charge in [-0.15, -0.1) is 0 Å². The van der Waals surface area contributed by atoms with Gasteiger partial charge in [-0.05, 0) is 25.8 Å². The summed E-state index contributed by atoms with van der Waals surface area (Å²) >= 11 is 0. The number of hydrogen-bond acceptors (Lipinski definition) is 3. The summed E-state index contributed by atoms with van der Waals surface area (Å²) in [6, 6.07) is -0.00845. The van der Waals surface area contributed by atoms with Crippen molar-refractivity contribution < 1.29 is 9.00 Å². The molecule has 1 aliphatic heterocycles. The smallest absolute Gasteiger partial charge is 0.237 e. The maximum absolute atomic E-state index is 11.6. The van der Waals surface area contributed by atoms with Crippen molar-refractivity contribution in [2.75, 3.05) is 25.1 Å². The quantitative estimate of drug-likeness (QED) is 0.657. The summed E-state index contributed by atoms with van der Waals surface area (Å²) in [6.45, 7) is 1.58. The second-order valence-electron chi connectivity index (χ2n) is 3.92. The van der Waals surface area contributed by atoms with Gasteiger partial charge < -0.3 is 10.6 Å². The molecule has 15 heavy (non-hydrogen) atoms. The fraction of sp³-hybridized carbons (Fsp3) is 0.900. The van der Waals surface area contributed by atoms with Gasteiger partial charge in [0.15, 0.2) is 0 Å². The molecule has 1 heterocycles. The first-order chi connectivity index (χ1) is 7.20. The van der Waals surface area contributed by atoms with Crippen molar-refractivity contribution in [3.8, 4) is 0 Å². The predicted octanol–water partition coefficient (Wildman–Crippen LogP) is 0.0133. The van der Waals surface area contributed by atoms with Gasteiger partial charge in [0, 0.05) is 29.4 Å². The lowest BCUT2D eigenvalue weighted by Gasteiger charge is -2.22. The molecule has 1 saturated heterocycles. The van der Waals surface area contributed by atoms with Gasteiger partial charge in [0.1, 0.15) is 0 Å². The Bertz CT molecular complexity index is 227. The summed E-state index contributed by atoms with van der Waals surface area (Å²) in [5.74, 6) is 0.759. The second kappa shape index (κ2) is 6.95. The maximum Gasteiger partial charge on any atom is 0.237 e. The zero-order valence-electron chi connectivity index (χ0n) is 9.25. The Morgan fingerprint density at radius 1 is 1.53 bits per heavy atom. The van der Waals surface area contributed by atoms with Gasteiger partial charge in [-0.25, -0.2) is 0 Å². The fourth-order valence-corrected chi connectivity index (χ4v) is 2.24. The topological polar surface area (TPSA) is 58.2 Å². The van der Waals surface area contributed by atoms with Crippen LogP contribution in [0.3, 0.4) is 0 Å². The van der Waals surface area contributed by atoms with E-state index >= 15 is 0 Å². The van der Waals surface area contributed by atoms with Crippen molar-refractivity contribution in [2.24, 2.45) is 0 Å². The Hall–Kier alpha value is -0.420. The van der Waals surface area contributed by atoms with Crippen molar-refractivity contribution in [3.05, 3.63) is 0 Å². The molecule has 2 atom stereocenters. The van der Waals surface area contributed by atoms with Gasteiger partial charge >= 0.3 is 0 Å². The lowest BCUT2D eigenvalue weighted by atomic mass is 10.0. The molecule has 0 aliphatic carbocycles. The Balaban J connectivity index is 2.09. The fourth-order valence-electron chi connectivity index (χ4n) is 1.69. The van der Waals surface area contributed by atoms with E-state index in [1.165, 1.54) is 6.42 Å². The first-order valence-corrected chi connectivity index (χ1v) is 7.24. The Kier molecular flexibility index (Phi) is 5.86. The largest absolute Gasteiger partial charge is 0.355 e. The summed E-state index contributed by atoms with van der Waals surface area (Å²) in [5, 5.41) is 6.07. The minimum atomic E-state index is -0.752. The van der Waals surface area contributed by atoms with E-state index < -0.39 is 10.8 Å². The van der Waals surface area contributed by atoms with Crippen LogP contribution in [0, 0.1) is 0 Å². The highest BCUT2D eigenvalue weighted by Crippen LogP contribution is 2.06. The van der Waals surface area contributed by atoms with Crippen LogP contribution >= 0.6 is 0 Å². The van der Waals surface area contributed by atoms with Crippen LogP contribution in [0.15, 0.2) is 0 Å². The molecule has 0 aromatic heterocycles. The van der Waals surface area contributed by atoms with Crippen molar-refractivity contribution in [1.82, 2.24) is 10.6 Å². The molecule has 1 rings (SSSR count). The molecule has 4 nitrogen and oxygen atoms in total. The molecule has 88 valence electrons. The summed E-state index contributed by atoms with van der Waals surface area (Å²) in [4.78, 5) is 11.6. The minimum Gasteiger partial charge on any atom is -0.355 e. The van der Waals surface area contributed by atoms with Crippen LogP contribution in [0.5, 0.6) is 0 Å². The summed E-state index contributed by atoms with van der Waals surface area (Å²) in [5.41, 5.74) is 0. The molecule has 1 fully saturated rings. The SMILES string of the molecule is CS(=O)CCCNC(=O)[C@H]1CCCCN1. The summed E-state index contributed by atoms with van der Waals surface area (Å²) in [7, 11) is -0.752. The normalized spacial score (nSPS) is 23.4. The van der Waals surface area contributed by atoms with E-state index in [1.54, 1.807) is 6.26 Å². The average Bonchev–Trinajstić information content (AvgIpc) is 2.25. The number of carbonyl (C=O) groups excluding carboxylic acids is 1. The number of piperidine rings is 1. The number of nitrogens with one attached hydrogen (secondary N) is 2. The zero-order chi connectivity index (χ0) is 11.1. The molecule has 1 unspecified atom stereocenters. The molecule has 1 amide bonds. The molecule has 1 aliphatic rings. The molecule has 0 aromatic carbocycles. The van der Waals surface area contributed by atoms with Crippen molar-refractivity contribution in [2.45, 2.75) is 31.7 Å². The van der Waals surface area contributed by atoms with Crippen LogP contribution in [0.1, 0.15) is 25.7 Å². The molecule has 0 radical (unpaired) electrons. The van der Waals surface area contributed by atoms with Gasteiger partial charge in [-0.1, -0.05) is 6.42 Å². The molecule has 2 N–H and O–H groups in total. The number of hydrogen-bond donors (Lipinski definition) is 2. The lowest BCUT2D eigenvalue weighted by Crippen LogP contribution is -2.46. The minimum absolute atomic E-state index is 0.00845. The highest BCUT2D eigenvalue weighted by molar-refractivity contribution is 7.84. The zero-order valence-corrected chi connectivity index (χ0v) is 10.1. The van der Waals surface area contributed by atoms with Gasteiger partial charge in [-0.2, -0.15) is 0 Å². The van der Waals surface area contributed by atoms with Crippen molar-refractivity contribution in [3.63, 3.8) is 0 Å². The van der Waals surface area contributed by atoms with E-state index in [2.05, 4.69) is 10.6 Å². The number of amides is 1. The molecule has 5 heteroatoms. The van der Waals surface area contributed by atoms with E-state index in [-0.39, 0.29) is 11.9 Å². The highest BCUT2D eigenvalue weighted by Gasteiger charge is 2.19. The number of rotatable bonds is 5. The third kappa shape index (κ3) is 5.28. The first kappa shape index (κ1) is 12.6. The number of carbonyl (C=O) groups is 1. The van der Waals surface area contributed by atoms with Crippen LogP contribution in [-0.2, 0) is 15.6 Å². The third-order valence-corrected chi connectivity index (χ3v) is 3.40. The van der Waals surface area contributed by atoms with E-state index in [4.69, 9.17) is 0 Å². The Morgan fingerprint density at radius 3 is 2.93 bits per heavy atom. The maximum atomic E-state index is 11.6. The predicted molar refractivity (Wildman–Crippen MR) is 62.2 cm³/mol. The van der Waals surface area contributed by atoms with E-state index in [0.717, 1.165) is 25.8 Å². The van der Waals surface area contributed by atoms with E-state index in [1.807, 2.05) is 0 Å². The van der Waals surface area contributed by atoms with Gasteiger partial charge in [0.25, 0.3) is 0 Å². The lowest BCUT2D eigenvalue weighted by molar-refractivity contribution is -0.123. The molecular formula is C10H20N2O2S. The molecular weight excluding hydrogens is 212 g/mol. The van der Waals surface area contributed by atoms with Crippen LogP contribution in [0.4, 0.5) is 0 Å². The van der Waals surface area contributed by atoms with Crippen LogP contribution in [0.25, 0.3) is 0 Å². The average molecular weight is 232 g/mol. The van der Waals surface area contributed by atoms with E-state index in [9.17, 15) is 9.00 Å². The molecule has 0 bridgehead atoms. The second-order valence-corrected chi connectivity index (χ2v) is 5.48. The molecule has 0 aromatic rings. The Morgan fingerprint density at radius 2 is 2.33 bits per heavy atom. The Labute approximate surface area is 93.7 Å².